The number of rotatable bonds is 4. The van der Waals surface area contributed by atoms with Gasteiger partial charge in [0, 0.05) is 10.4 Å². The highest BCUT2D eigenvalue weighted by atomic mass is 32.1. The van der Waals surface area contributed by atoms with Crippen molar-refractivity contribution in [3.05, 3.63) is 29.6 Å². The molecule has 1 aromatic carbocycles. The van der Waals surface area contributed by atoms with E-state index in [1.807, 2.05) is 22.8 Å². The molecular formula is C12H11F3N2OS. The van der Waals surface area contributed by atoms with Gasteiger partial charge in [-0.3, -0.25) is 4.79 Å². The molecule has 0 fully saturated rings. The van der Waals surface area contributed by atoms with Crippen LogP contribution in [0.3, 0.4) is 0 Å². The van der Waals surface area contributed by atoms with E-state index < -0.39 is 18.6 Å². The first-order chi connectivity index (χ1) is 8.94. The van der Waals surface area contributed by atoms with Crippen molar-refractivity contribution in [1.29, 1.82) is 0 Å². The first kappa shape index (κ1) is 13.8. The van der Waals surface area contributed by atoms with Crippen molar-refractivity contribution in [3.63, 3.8) is 0 Å². The van der Waals surface area contributed by atoms with Gasteiger partial charge in [0.05, 0.1) is 13.1 Å². The van der Waals surface area contributed by atoms with E-state index in [0.29, 0.717) is 5.69 Å². The lowest BCUT2D eigenvalue weighted by molar-refractivity contribution is -0.126. The van der Waals surface area contributed by atoms with Crippen LogP contribution < -0.4 is 10.6 Å². The molecule has 2 aromatic rings. The zero-order chi connectivity index (χ0) is 13.9. The van der Waals surface area contributed by atoms with Gasteiger partial charge in [-0.1, -0.05) is 0 Å². The molecule has 0 bridgehead atoms. The zero-order valence-corrected chi connectivity index (χ0v) is 10.6. The molecule has 0 aliphatic rings. The number of thiophene rings is 1. The Morgan fingerprint density at radius 3 is 2.79 bits per heavy atom. The summed E-state index contributed by atoms with van der Waals surface area (Å²) in [7, 11) is 0. The summed E-state index contributed by atoms with van der Waals surface area (Å²) in [5, 5.41) is 7.51. The Balaban J connectivity index is 1.88. The second-order valence-corrected chi connectivity index (χ2v) is 4.89. The number of hydrogen-bond acceptors (Lipinski definition) is 3. The van der Waals surface area contributed by atoms with E-state index in [4.69, 9.17) is 0 Å². The van der Waals surface area contributed by atoms with Gasteiger partial charge >= 0.3 is 6.18 Å². The maximum atomic E-state index is 11.9. The maximum Gasteiger partial charge on any atom is 0.401 e. The van der Waals surface area contributed by atoms with Crippen molar-refractivity contribution in [2.75, 3.05) is 18.4 Å². The summed E-state index contributed by atoms with van der Waals surface area (Å²) < 4.78 is 36.7. The first-order valence-electron chi connectivity index (χ1n) is 5.49. The quantitative estimate of drug-likeness (QED) is 0.908. The summed E-state index contributed by atoms with van der Waals surface area (Å²) in [4.78, 5) is 11.4. The number of fused-ring (bicyclic) bond motifs is 1. The van der Waals surface area contributed by atoms with Crippen LogP contribution in [0, 0.1) is 0 Å². The summed E-state index contributed by atoms with van der Waals surface area (Å²) in [6.07, 6.45) is -4.31. The standard InChI is InChI=1S/C12H11F3N2OS/c13-12(14,15)7-16-6-11(18)17-9-1-2-10-8(5-9)3-4-19-10/h1-5,16H,6-7H2,(H,17,18). The predicted octanol–water partition coefficient (Wildman–Crippen LogP) is 2.99. The minimum atomic E-state index is -4.31. The van der Waals surface area contributed by atoms with Gasteiger partial charge in [-0.25, -0.2) is 0 Å². The highest BCUT2D eigenvalue weighted by molar-refractivity contribution is 7.17. The fourth-order valence-corrected chi connectivity index (χ4v) is 2.34. The lowest BCUT2D eigenvalue weighted by Gasteiger charge is -2.08. The third kappa shape index (κ3) is 4.22. The molecule has 0 aliphatic carbocycles. The van der Waals surface area contributed by atoms with Gasteiger partial charge in [-0.15, -0.1) is 11.3 Å². The summed E-state index contributed by atoms with van der Waals surface area (Å²) in [5.41, 5.74) is 0.574. The van der Waals surface area contributed by atoms with Crippen molar-refractivity contribution in [2.45, 2.75) is 6.18 Å². The predicted molar refractivity (Wildman–Crippen MR) is 69.4 cm³/mol. The molecule has 3 nitrogen and oxygen atoms in total. The van der Waals surface area contributed by atoms with E-state index in [9.17, 15) is 18.0 Å². The average molecular weight is 288 g/mol. The highest BCUT2D eigenvalue weighted by Crippen LogP contribution is 2.23. The maximum absolute atomic E-state index is 11.9. The molecule has 0 unspecified atom stereocenters. The van der Waals surface area contributed by atoms with Gasteiger partial charge in [-0.2, -0.15) is 13.2 Å². The van der Waals surface area contributed by atoms with Gasteiger partial charge in [-0.05, 0) is 35.0 Å². The second kappa shape index (κ2) is 5.58. The fraction of sp³-hybridized carbons (Fsp3) is 0.250. The van der Waals surface area contributed by atoms with Gasteiger partial charge in [0.25, 0.3) is 0 Å². The molecule has 0 saturated heterocycles. The first-order valence-corrected chi connectivity index (χ1v) is 6.36. The summed E-state index contributed by atoms with van der Waals surface area (Å²) in [6.45, 7) is -1.55. The van der Waals surface area contributed by atoms with Gasteiger partial charge in [0.2, 0.25) is 5.91 Å². The Labute approximate surface area is 111 Å². The number of nitrogens with one attached hydrogen (secondary N) is 2. The molecule has 1 aromatic heterocycles. The van der Waals surface area contributed by atoms with E-state index in [1.54, 1.807) is 23.5 Å². The van der Waals surface area contributed by atoms with Gasteiger partial charge < -0.3 is 10.6 Å². The minimum absolute atomic E-state index is 0.374. The molecule has 1 heterocycles. The Morgan fingerprint density at radius 1 is 1.26 bits per heavy atom. The Morgan fingerprint density at radius 2 is 2.05 bits per heavy atom. The van der Waals surface area contributed by atoms with Gasteiger partial charge in [0.15, 0.2) is 0 Å². The number of benzene rings is 1. The fourth-order valence-electron chi connectivity index (χ4n) is 1.57. The van der Waals surface area contributed by atoms with Crippen molar-refractivity contribution in [1.82, 2.24) is 5.32 Å². The molecule has 7 heteroatoms. The van der Waals surface area contributed by atoms with Crippen LogP contribution in [0.25, 0.3) is 10.1 Å². The number of carbonyl (C=O) groups is 1. The number of carbonyl (C=O) groups excluding carboxylic acids is 1. The number of halogens is 3. The van der Waals surface area contributed by atoms with Crippen LogP contribution in [0.2, 0.25) is 0 Å². The average Bonchev–Trinajstić information content (AvgIpc) is 2.74. The Hall–Kier alpha value is -1.60. The third-order valence-electron chi connectivity index (χ3n) is 2.35. The molecule has 0 radical (unpaired) electrons. The van der Waals surface area contributed by atoms with Crippen LogP contribution >= 0.6 is 11.3 Å². The molecule has 2 rings (SSSR count). The number of alkyl halides is 3. The van der Waals surface area contributed by atoms with E-state index in [1.165, 1.54) is 0 Å². The largest absolute Gasteiger partial charge is 0.401 e. The number of anilines is 1. The Bertz CT molecular complexity index is 580. The summed E-state index contributed by atoms with van der Waals surface area (Å²) >= 11 is 1.58. The lowest BCUT2D eigenvalue weighted by Crippen LogP contribution is -2.35. The van der Waals surface area contributed by atoms with Crippen molar-refractivity contribution in [3.8, 4) is 0 Å². The lowest BCUT2D eigenvalue weighted by atomic mass is 10.2. The third-order valence-corrected chi connectivity index (χ3v) is 3.25. The van der Waals surface area contributed by atoms with E-state index in [-0.39, 0.29) is 6.54 Å². The van der Waals surface area contributed by atoms with Crippen LogP contribution in [0.4, 0.5) is 18.9 Å². The topological polar surface area (TPSA) is 41.1 Å². The minimum Gasteiger partial charge on any atom is -0.325 e. The van der Waals surface area contributed by atoms with E-state index in [2.05, 4.69) is 5.32 Å². The van der Waals surface area contributed by atoms with Crippen LogP contribution in [0.15, 0.2) is 29.6 Å². The molecule has 0 saturated carbocycles. The zero-order valence-electron chi connectivity index (χ0n) is 9.75. The normalized spacial score (nSPS) is 11.7. The number of hydrogen-bond donors (Lipinski definition) is 2. The number of amides is 1. The smallest absolute Gasteiger partial charge is 0.325 e. The van der Waals surface area contributed by atoms with Gasteiger partial charge in [0.1, 0.15) is 0 Å². The van der Waals surface area contributed by atoms with E-state index in [0.717, 1.165) is 10.1 Å². The SMILES string of the molecule is O=C(CNCC(F)(F)F)Nc1ccc2sccc2c1. The second-order valence-electron chi connectivity index (χ2n) is 3.94. The molecule has 0 aliphatic heterocycles. The van der Waals surface area contributed by atoms with Crippen LogP contribution in [0.5, 0.6) is 0 Å². The summed E-state index contributed by atoms with van der Waals surface area (Å²) in [5.74, 6) is -0.501. The van der Waals surface area contributed by atoms with E-state index >= 15 is 0 Å². The van der Waals surface area contributed by atoms with Crippen LogP contribution in [-0.4, -0.2) is 25.2 Å². The molecule has 0 spiro atoms. The molecule has 19 heavy (non-hydrogen) atoms. The van der Waals surface area contributed by atoms with Crippen molar-refractivity contribution in [2.24, 2.45) is 0 Å². The highest BCUT2D eigenvalue weighted by Gasteiger charge is 2.26. The summed E-state index contributed by atoms with van der Waals surface area (Å²) in [6, 6.07) is 7.28. The van der Waals surface area contributed by atoms with Crippen molar-refractivity contribution >= 4 is 33.0 Å². The van der Waals surface area contributed by atoms with Crippen LogP contribution in [-0.2, 0) is 4.79 Å². The molecule has 0 atom stereocenters. The van der Waals surface area contributed by atoms with Crippen molar-refractivity contribution < 1.29 is 18.0 Å². The molecule has 2 N–H and O–H groups in total. The molecular weight excluding hydrogens is 277 g/mol. The monoisotopic (exact) mass is 288 g/mol. The Kier molecular flexibility index (Phi) is 4.06. The molecule has 102 valence electrons. The van der Waals surface area contributed by atoms with Crippen LogP contribution in [0.1, 0.15) is 0 Å². The molecule has 1 amide bonds.